The molecule has 6 nitrogen and oxygen atoms in total. The molecular formula is C21H31ClN2O4. The Morgan fingerprint density at radius 3 is 2.54 bits per heavy atom. The molecule has 156 valence electrons. The molecule has 1 saturated heterocycles. The summed E-state index contributed by atoms with van der Waals surface area (Å²) in [6.07, 6.45) is 1.04. The molecule has 1 aromatic rings. The van der Waals surface area contributed by atoms with Crippen LogP contribution in [0.15, 0.2) is 18.2 Å². The van der Waals surface area contributed by atoms with Crippen molar-refractivity contribution in [2.24, 2.45) is 0 Å². The molecule has 7 heteroatoms. The highest BCUT2D eigenvalue weighted by Crippen LogP contribution is 2.32. The number of amides is 2. The molecule has 2 amide bonds. The van der Waals surface area contributed by atoms with Crippen LogP contribution in [-0.4, -0.2) is 55.1 Å². The Hall–Kier alpha value is -1.95. The van der Waals surface area contributed by atoms with E-state index < -0.39 is 0 Å². The monoisotopic (exact) mass is 410 g/mol. The van der Waals surface area contributed by atoms with Crippen LogP contribution < -0.4 is 10.1 Å². The topological polar surface area (TPSA) is 67.9 Å². The van der Waals surface area contributed by atoms with E-state index in [9.17, 15) is 9.59 Å². The van der Waals surface area contributed by atoms with Crippen LogP contribution in [-0.2, 0) is 14.9 Å². The first-order valence-electron chi connectivity index (χ1n) is 9.71. The highest BCUT2D eigenvalue weighted by atomic mass is 35.5. The molecule has 0 spiro atoms. The van der Waals surface area contributed by atoms with Crippen LogP contribution in [0.1, 0.15) is 44.7 Å². The van der Waals surface area contributed by atoms with Crippen molar-refractivity contribution in [1.29, 1.82) is 0 Å². The lowest BCUT2D eigenvalue weighted by atomic mass is 9.85. The summed E-state index contributed by atoms with van der Waals surface area (Å²) in [5.41, 5.74) is 2.19. The molecule has 1 N–H and O–H groups in total. The van der Waals surface area contributed by atoms with Crippen LogP contribution in [0.2, 0.25) is 0 Å². The van der Waals surface area contributed by atoms with Gasteiger partial charge in [-0.25, -0.2) is 4.79 Å². The number of carbonyl (C=O) groups excluding carboxylic acids is 2. The molecule has 1 fully saturated rings. The third kappa shape index (κ3) is 6.59. The Labute approximate surface area is 172 Å². The summed E-state index contributed by atoms with van der Waals surface area (Å²) in [7, 11) is 0. The maximum Gasteiger partial charge on any atom is 0.409 e. The molecule has 1 aliphatic rings. The number of alkyl halides is 1. The number of hydrogen-bond acceptors (Lipinski definition) is 4. The SMILES string of the molecule is Cc1ccc(OCC(=O)NC2CCN(C(=O)OCCCl)CC2)c(C(C)(C)C)c1. The number of ether oxygens (including phenoxy) is 2. The van der Waals surface area contributed by atoms with E-state index in [4.69, 9.17) is 21.1 Å². The summed E-state index contributed by atoms with van der Waals surface area (Å²) in [6, 6.07) is 6.05. The van der Waals surface area contributed by atoms with E-state index in [0.717, 1.165) is 16.9 Å². The second kappa shape index (κ2) is 10.0. The zero-order chi connectivity index (χ0) is 20.7. The number of carbonyl (C=O) groups is 2. The van der Waals surface area contributed by atoms with Gasteiger partial charge < -0.3 is 19.7 Å². The summed E-state index contributed by atoms with van der Waals surface area (Å²) >= 11 is 5.53. The number of aryl methyl sites for hydroxylation is 1. The molecule has 0 bridgehead atoms. The zero-order valence-corrected chi connectivity index (χ0v) is 18.0. The fraction of sp³-hybridized carbons (Fsp3) is 0.619. The van der Waals surface area contributed by atoms with Crippen LogP contribution in [0, 0.1) is 6.92 Å². The van der Waals surface area contributed by atoms with Gasteiger partial charge in [-0.1, -0.05) is 38.5 Å². The molecule has 0 atom stereocenters. The first-order chi connectivity index (χ1) is 13.2. The van der Waals surface area contributed by atoms with Gasteiger partial charge in [0.05, 0.1) is 5.88 Å². The molecule has 0 unspecified atom stereocenters. The molecule has 1 aliphatic heterocycles. The fourth-order valence-electron chi connectivity index (χ4n) is 3.19. The van der Waals surface area contributed by atoms with Crippen LogP contribution >= 0.6 is 11.6 Å². The Morgan fingerprint density at radius 2 is 1.93 bits per heavy atom. The Morgan fingerprint density at radius 1 is 1.25 bits per heavy atom. The molecule has 1 aromatic carbocycles. The smallest absolute Gasteiger partial charge is 0.409 e. The van der Waals surface area contributed by atoms with Crippen molar-refractivity contribution >= 4 is 23.6 Å². The van der Waals surface area contributed by atoms with Crippen LogP contribution in [0.5, 0.6) is 5.75 Å². The van der Waals surface area contributed by atoms with E-state index in [-0.39, 0.29) is 42.6 Å². The minimum absolute atomic E-state index is 0.0237. The van der Waals surface area contributed by atoms with E-state index >= 15 is 0 Å². The lowest BCUT2D eigenvalue weighted by molar-refractivity contribution is -0.124. The van der Waals surface area contributed by atoms with Crippen LogP contribution in [0.25, 0.3) is 0 Å². The number of halogens is 1. The third-order valence-corrected chi connectivity index (χ3v) is 4.88. The predicted molar refractivity (Wildman–Crippen MR) is 110 cm³/mol. The maximum absolute atomic E-state index is 12.3. The summed E-state index contributed by atoms with van der Waals surface area (Å²) in [5.74, 6) is 0.879. The first-order valence-corrected chi connectivity index (χ1v) is 10.2. The molecular weight excluding hydrogens is 380 g/mol. The average Bonchev–Trinajstić information content (AvgIpc) is 2.65. The predicted octanol–water partition coefficient (Wildman–Crippen LogP) is 3.63. The molecule has 0 saturated carbocycles. The van der Waals surface area contributed by atoms with Crippen molar-refractivity contribution in [2.45, 2.75) is 52.0 Å². The maximum atomic E-state index is 12.3. The zero-order valence-electron chi connectivity index (χ0n) is 17.2. The largest absolute Gasteiger partial charge is 0.483 e. The minimum Gasteiger partial charge on any atom is -0.483 e. The lowest BCUT2D eigenvalue weighted by Gasteiger charge is -2.31. The summed E-state index contributed by atoms with van der Waals surface area (Å²) in [5, 5.41) is 3.00. The van der Waals surface area contributed by atoms with Crippen molar-refractivity contribution in [1.82, 2.24) is 10.2 Å². The third-order valence-electron chi connectivity index (χ3n) is 4.72. The molecule has 0 aromatic heterocycles. The first kappa shape index (κ1) is 22.3. The summed E-state index contributed by atoms with van der Waals surface area (Å²) in [4.78, 5) is 25.8. The van der Waals surface area contributed by atoms with E-state index in [1.165, 1.54) is 0 Å². The number of benzene rings is 1. The van der Waals surface area contributed by atoms with E-state index in [1.807, 2.05) is 19.1 Å². The van der Waals surface area contributed by atoms with Gasteiger partial charge in [-0.05, 0) is 36.8 Å². The van der Waals surface area contributed by atoms with Crippen LogP contribution in [0.3, 0.4) is 0 Å². The van der Waals surface area contributed by atoms with Gasteiger partial charge in [0, 0.05) is 19.1 Å². The molecule has 2 rings (SSSR count). The summed E-state index contributed by atoms with van der Waals surface area (Å²) < 4.78 is 10.8. The van der Waals surface area contributed by atoms with Gasteiger partial charge in [0.25, 0.3) is 5.91 Å². The average molecular weight is 411 g/mol. The van der Waals surface area contributed by atoms with Crippen molar-refractivity contribution in [3.63, 3.8) is 0 Å². The van der Waals surface area contributed by atoms with Gasteiger partial charge >= 0.3 is 6.09 Å². The van der Waals surface area contributed by atoms with Crippen molar-refractivity contribution < 1.29 is 19.1 Å². The van der Waals surface area contributed by atoms with E-state index in [2.05, 4.69) is 32.2 Å². The summed E-state index contributed by atoms with van der Waals surface area (Å²) in [6.45, 7) is 9.72. The lowest BCUT2D eigenvalue weighted by Crippen LogP contribution is -2.47. The van der Waals surface area contributed by atoms with Gasteiger partial charge in [0.15, 0.2) is 6.61 Å². The van der Waals surface area contributed by atoms with Crippen LogP contribution in [0.4, 0.5) is 4.79 Å². The Kier molecular flexibility index (Phi) is 7.98. The fourth-order valence-corrected chi connectivity index (χ4v) is 3.27. The quantitative estimate of drug-likeness (QED) is 0.727. The number of piperidine rings is 1. The second-order valence-electron chi connectivity index (χ2n) is 8.17. The molecule has 0 radical (unpaired) electrons. The Bertz CT molecular complexity index is 679. The minimum atomic E-state index is -0.345. The molecule has 0 aliphatic carbocycles. The number of nitrogens with one attached hydrogen (secondary N) is 1. The highest BCUT2D eigenvalue weighted by molar-refractivity contribution is 6.18. The second-order valence-corrected chi connectivity index (χ2v) is 8.55. The van der Waals surface area contributed by atoms with Gasteiger partial charge in [-0.2, -0.15) is 0 Å². The van der Waals surface area contributed by atoms with Gasteiger partial charge in [0.2, 0.25) is 0 Å². The highest BCUT2D eigenvalue weighted by Gasteiger charge is 2.25. The van der Waals surface area contributed by atoms with Gasteiger partial charge in [-0.15, -0.1) is 11.6 Å². The number of nitrogens with zero attached hydrogens (tertiary/aromatic N) is 1. The van der Waals surface area contributed by atoms with E-state index in [0.29, 0.717) is 25.9 Å². The van der Waals surface area contributed by atoms with Crippen molar-refractivity contribution in [3.8, 4) is 5.75 Å². The number of hydrogen-bond donors (Lipinski definition) is 1. The van der Waals surface area contributed by atoms with Gasteiger partial charge in [0.1, 0.15) is 12.4 Å². The van der Waals surface area contributed by atoms with Gasteiger partial charge in [-0.3, -0.25) is 4.79 Å². The molecule has 28 heavy (non-hydrogen) atoms. The van der Waals surface area contributed by atoms with E-state index in [1.54, 1.807) is 4.90 Å². The van der Waals surface area contributed by atoms with Crippen molar-refractivity contribution in [3.05, 3.63) is 29.3 Å². The number of rotatable bonds is 6. The normalized spacial score (nSPS) is 15.2. The molecule has 1 heterocycles. The standard InChI is InChI=1S/C21H31ClN2O4/c1-15-5-6-18(17(13-15)21(2,3)4)28-14-19(25)23-16-7-10-24(11-8-16)20(26)27-12-9-22/h5-6,13,16H,7-12,14H2,1-4H3,(H,23,25). The Balaban J connectivity index is 1.81. The van der Waals surface area contributed by atoms with Crippen molar-refractivity contribution in [2.75, 3.05) is 32.2 Å². The number of likely N-dealkylation sites (tertiary alicyclic amines) is 1.